The van der Waals surface area contributed by atoms with Crippen LogP contribution < -0.4 is 4.72 Å². The molecule has 1 aromatic heterocycles. The monoisotopic (exact) mass is 368 g/mol. The third-order valence-corrected chi connectivity index (χ3v) is 7.10. The van der Waals surface area contributed by atoms with E-state index in [1.807, 2.05) is 45.2 Å². The highest BCUT2D eigenvalue weighted by Gasteiger charge is 2.46. The third kappa shape index (κ3) is 2.85. The summed E-state index contributed by atoms with van der Waals surface area (Å²) in [4.78, 5) is 0.381. The number of rotatable bonds is 5. The Labute approximate surface area is 154 Å². The number of fused-ring (bicyclic) bond motifs is 1. The summed E-state index contributed by atoms with van der Waals surface area (Å²) in [6.45, 7) is 4.19. The van der Waals surface area contributed by atoms with E-state index in [4.69, 9.17) is 0 Å². The molecule has 2 aromatic carbocycles. The standard InChI is InChI=1S/C21H24N2O2S/c1-15-8-9-16(2)20(12-15)26(24,25)22-14-21(10-11-21)18-13-23(3)19-7-5-4-6-17(18)19/h4-9,12-13,22H,10-11,14H2,1-3H3. The second kappa shape index (κ2) is 5.96. The first-order chi connectivity index (χ1) is 12.3. The van der Waals surface area contributed by atoms with Gasteiger partial charge in [0, 0.05) is 36.1 Å². The van der Waals surface area contributed by atoms with Crippen molar-refractivity contribution in [3.63, 3.8) is 0 Å². The number of para-hydroxylation sites is 1. The van der Waals surface area contributed by atoms with Crippen LogP contribution in [0.2, 0.25) is 0 Å². The predicted octanol–water partition coefficient (Wildman–Crippen LogP) is 3.81. The van der Waals surface area contributed by atoms with Crippen LogP contribution in [-0.4, -0.2) is 19.5 Å². The molecule has 1 fully saturated rings. The van der Waals surface area contributed by atoms with Gasteiger partial charge >= 0.3 is 0 Å². The summed E-state index contributed by atoms with van der Waals surface area (Å²) in [7, 11) is -1.47. The fourth-order valence-electron chi connectivity index (χ4n) is 3.76. The van der Waals surface area contributed by atoms with Crippen molar-refractivity contribution in [3.8, 4) is 0 Å². The Morgan fingerprint density at radius 1 is 1.12 bits per heavy atom. The van der Waals surface area contributed by atoms with Crippen molar-refractivity contribution in [3.05, 3.63) is 65.4 Å². The molecule has 4 rings (SSSR count). The van der Waals surface area contributed by atoms with Crippen LogP contribution in [0, 0.1) is 13.8 Å². The molecule has 4 nitrogen and oxygen atoms in total. The lowest BCUT2D eigenvalue weighted by atomic mass is 9.96. The quantitative estimate of drug-likeness (QED) is 0.745. The van der Waals surface area contributed by atoms with Crippen LogP contribution in [0.4, 0.5) is 0 Å². The lowest BCUT2D eigenvalue weighted by Gasteiger charge is -2.17. The van der Waals surface area contributed by atoms with Crippen molar-refractivity contribution in [1.29, 1.82) is 0 Å². The first-order valence-electron chi connectivity index (χ1n) is 8.94. The van der Waals surface area contributed by atoms with Gasteiger partial charge in [0.2, 0.25) is 10.0 Å². The van der Waals surface area contributed by atoms with Gasteiger partial charge in [-0.2, -0.15) is 0 Å². The minimum atomic E-state index is -3.52. The highest BCUT2D eigenvalue weighted by molar-refractivity contribution is 7.89. The van der Waals surface area contributed by atoms with Gasteiger partial charge in [-0.05, 0) is 55.5 Å². The van der Waals surface area contributed by atoms with Gasteiger partial charge in [-0.3, -0.25) is 0 Å². The number of sulfonamides is 1. The second-order valence-corrected chi connectivity index (χ2v) is 9.28. The SMILES string of the molecule is Cc1ccc(C)c(S(=O)(=O)NCC2(c3cn(C)c4ccccc34)CC2)c1. The van der Waals surface area contributed by atoms with Gasteiger partial charge < -0.3 is 4.57 Å². The van der Waals surface area contributed by atoms with Gasteiger partial charge in [0.1, 0.15) is 0 Å². The van der Waals surface area contributed by atoms with Crippen molar-refractivity contribution in [2.45, 2.75) is 37.0 Å². The van der Waals surface area contributed by atoms with Gasteiger partial charge in [0.15, 0.2) is 0 Å². The normalized spacial score (nSPS) is 16.1. The van der Waals surface area contributed by atoms with Crippen LogP contribution in [0.15, 0.2) is 53.6 Å². The molecular weight excluding hydrogens is 344 g/mol. The van der Waals surface area contributed by atoms with Crippen molar-refractivity contribution in [2.24, 2.45) is 7.05 Å². The Kier molecular flexibility index (Phi) is 3.97. The molecule has 0 amide bonds. The Balaban J connectivity index is 1.64. The summed E-state index contributed by atoms with van der Waals surface area (Å²) in [5.74, 6) is 0. The number of hydrogen-bond donors (Lipinski definition) is 1. The van der Waals surface area contributed by atoms with Crippen LogP contribution in [0.5, 0.6) is 0 Å². The van der Waals surface area contributed by atoms with Gasteiger partial charge in [-0.25, -0.2) is 13.1 Å². The molecule has 1 aliphatic rings. The number of nitrogens with zero attached hydrogens (tertiary/aromatic N) is 1. The molecule has 3 aromatic rings. The van der Waals surface area contributed by atoms with Crippen LogP contribution in [0.3, 0.4) is 0 Å². The largest absolute Gasteiger partial charge is 0.350 e. The molecule has 0 aliphatic heterocycles. The maximum atomic E-state index is 12.9. The predicted molar refractivity (Wildman–Crippen MR) is 105 cm³/mol. The summed E-state index contributed by atoms with van der Waals surface area (Å²) < 4.78 is 30.7. The van der Waals surface area contributed by atoms with Crippen LogP contribution in [0.1, 0.15) is 29.5 Å². The molecule has 1 N–H and O–H groups in total. The Hall–Kier alpha value is -2.11. The van der Waals surface area contributed by atoms with Crippen molar-refractivity contribution >= 4 is 20.9 Å². The van der Waals surface area contributed by atoms with E-state index in [2.05, 4.69) is 27.6 Å². The van der Waals surface area contributed by atoms with Crippen molar-refractivity contribution < 1.29 is 8.42 Å². The molecule has 0 atom stereocenters. The zero-order valence-electron chi connectivity index (χ0n) is 15.4. The van der Waals surface area contributed by atoms with Gasteiger partial charge in [0.05, 0.1) is 4.90 Å². The number of aromatic nitrogens is 1. The molecular formula is C21H24N2O2S. The first kappa shape index (κ1) is 17.3. The van der Waals surface area contributed by atoms with E-state index in [-0.39, 0.29) is 5.41 Å². The highest BCUT2D eigenvalue weighted by Crippen LogP contribution is 2.50. The summed E-state index contributed by atoms with van der Waals surface area (Å²) in [5, 5.41) is 1.22. The van der Waals surface area contributed by atoms with E-state index >= 15 is 0 Å². The average molecular weight is 369 g/mol. The molecule has 1 saturated carbocycles. The maximum absolute atomic E-state index is 12.9. The summed E-state index contributed by atoms with van der Waals surface area (Å²) >= 11 is 0. The van der Waals surface area contributed by atoms with Crippen LogP contribution in [0.25, 0.3) is 10.9 Å². The van der Waals surface area contributed by atoms with E-state index in [0.29, 0.717) is 11.4 Å². The molecule has 1 aliphatic carbocycles. The number of nitrogens with one attached hydrogen (secondary N) is 1. The topological polar surface area (TPSA) is 51.1 Å². The highest BCUT2D eigenvalue weighted by atomic mass is 32.2. The average Bonchev–Trinajstić information content (AvgIpc) is 3.34. The Bertz CT molecular complexity index is 1090. The summed E-state index contributed by atoms with van der Waals surface area (Å²) in [5.41, 5.74) is 4.07. The molecule has 136 valence electrons. The zero-order chi connectivity index (χ0) is 18.5. The van der Waals surface area contributed by atoms with E-state index in [1.165, 1.54) is 16.5 Å². The molecule has 0 unspecified atom stereocenters. The van der Waals surface area contributed by atoms with E-state index in [1.54, 1.807) is 6.07 Å². The minimum absolute atomic E-state index is 0.0916. The fraction of sp³-hybridized carbons (Fsp3) is 0.333. The third-order valence-electron chi connectivity index (χ3n) is 5.56. The van der Waals surface area contributed by atoms with E-state index in [0.717, 1.165) is 24.0 Å². The Morgan fingerprint density at radius 2 is 1.85 bits per heavy atom. The van der Waals surface area contributed by atoms with Crippen LogP contribution in [-0.2, 0) is 22.5 Å². The van der Waals surface area contributed by atoms with Gasteiger partial charge in [0.25, 0.3) is 0 Å². The molecule has 26 heavy (non-hydrogen) atoms. The molecule has 0 radical (unpaired) electrons. The Morgan fingerprint density at radius 3 is 2.58 bits per heavy atom. The molecule has 1 heterocycles. The lowest BCUT2D eigenvalue weighted by molar-refractivity contribution is 0.567. The van der Waals surface area contributed by atoms with Crippen molar-refractivity contribution in [2.75, 3.05) is 6.54 Å². The van der Waals surface area contributed by atoms with Gasteiger partial charge in [-0.15, -0.1) is 0 Å². The number of benzene rings is 2. The number of aryl methyl sites for hydroxylation is 3. The zero-order valence-corrected chi connectivity index (χ0v) is 16.2. The second-order valence-electron chi connectivity index (χ2n) is 7.54. The first-order valence-corrected chi connectivity index (χ1v) is 10.4. The molecule has 0 saturated heterocycles. The maximum Gasteiger partial charge on any atom is 0.240 e. The van der Waals surface area contributed by atoms with E-state index in [9.17, 15) is 8.42 Å². The molecule has 0 spiro atoms. The number of hydrogen-bond acceptors (Lipinski definition) is 2. The smallest absolute Gasteiger partial charge is 0.240 e. The molecule has 0 bridgehead atoms. The van der Waals surface area contributed by atoms with Crippen molar-refractivity contribution in [1.82, 2.24) is 9.29 Å². The summed E-state index contributed by atoms with van der Waals surface area (Å²) in [6.07, 6.45) is 4.18. The summed E-state index contributed by atoms with van der Waals surface area (Å²) in [6, 6.07) is 13.9. The fourth-order valence-corrected chi connectivity index (χ4v) is 5.22. The lowest BCUT2D eigenvalue weighted by Crippen LogP contribution is -2.32. The minimum Gasteiger partial charge on any atom is -0.350 e. The van der Waals surface area contributed by atoms with E-state index < -0.39 is 10.0 Å². The van der Waals surface area contributed by atoms with Crippen LogP contribution >= 0.6 is 0 Å². The van der Waals surface area contributed by atoms with Gasteiger partial charge in [-0.1, -0.05) is 30.3 Å². The molecule has 5 heteroatoms.